The second-order valence-electron chi connectivity index (χ2n) is 5.23. The molecule has 0 radical (unpaired) electrons. The van der Waals surface area contributed by atoms with Crippen LogP contribution in [-0.2, 0) is 17.6 Å². The molecule has 0 saturated carbocycles. The van der Waals surface area contributed by atoms with Crippen molar-refractivity contribution >= 4 is 16.7 Å². The van der Waals surface area contributed by atoms with Crippen LogP contribution in [0.3, 0.4) is 0 Å². The number of amides is 1. The van der Waals surface area contributed by atoms with Crippen molar-refractivity contribution in [2.24, 2.45) is 5.73 Å². The zero-order valence-electron chi connectivity index (χ0n) is 11.8. The summed E-state index contributed by atoms with van der Waals surface area (Å²) < 4.78 is 0. The number of carbonyl (C=O) groups excluding carboxylic acids is 1. The van der Waals surface area contributed by atoms with Gasteiger partial charge in [0.15, 0.2) is 0 Å². The second kappa shape index (κ2) is 5.80. The minimum Gasteiger partial charge on any atom is -0.369 e. The number of nitrogens with two attached hydrogens (primary N) is 1. The first kappa shape index (κ1) is 13.4. The molecule has 1 amide bonds. The van der Waals surface area contributed by atoms with Gasteiger partial charge in [-0.05, 0) is 33.9 Å². The van der Waals surface area contributed by atoms with Gasteiger partial charge < -0.3 is 5.73 Å². The normalized spacial score (nSPS) is 10.7. The maximum Gasteiger partial charge on any atom is 0.221 e. The van der Waals surface area contributed by atoms with Crippen LogP contribution >= 0.6 is 0 Å². The number of hydrogen-bond donors (Lipinski definition) is 1. The molecule has 0 spiro atoms. The number of carbonyl (C=O) groups is 1. The highest BCUT2D eigenvalue weighted by molar-refractivity contribution is 5.92. The molecule has 2 nitrogen and oxygen atoms in total. The van der Waals surface area contributed by atoms with Crippen LogP contribution in [0.15, 0.2) is 66.7 Å². The van der Waals surface area contributed by atoms with Gasteiger partial charge in [-0.2, -0.15) is 0 Å². The molecule has 3 rings (SSSR count). The summed E-state index contributed by atoms with van der Waals surface area (Å²) in [6.07, 6.45) is 1.17. The van der Waals surface area contributed by atoms with Gasteiger partial charge in [0.2, 0.25) is 5.91 Å². The number of primary amides is 1. The molecule has 0 atom stereocenters. The summed E-state index contributed by atoms with van der Waals surface area (Å²) in [4.78, 5) is 11.2. The van der Waals surface area contributed by atoms with Gasteiger partial charge in [0.1, 0.15) is 0 Å². The van der Waals surface area contributed by atoms with Crippen molar-refractivity contribution in [2.75, 3.05) is 0 Å². The smallest absolute Gasteiger partial charge is 0.221 e. The summed E-state index contributed by atoms with van der Waals surface area (Å²) in [5.74, 6) is -0.295. The Kier molecular flexibility index (Phi) is 3.69. The van der Waals surface area contributed by atoms with Crippen molar-refractivity contribution in [1.29, 1.82) is 0 Å². The summed E-state index contributed by atoms with van der Waals surface area (Å²) in [5, 5.41) is 2.31. The molecular weight excluding hydrogens is 258 g/mol. The lowest BCUT2D eigenvalue weighted by Crippen LogP contribution is -2.14. The summed E-state index contributed by atoms with van der Waals surface area (Å²) in [5.41, 5.74) is 8.88. The van der Waals surface area contributed by atoms with E-state index >= 15 is 0 Å². The van der Waals surface area contributed by atoms with Crippen molar-refractivity contribution < 1.29 is 4.79 Å². The molecular formula is C19H17NO. The van der Waals surface area contributed by atoms with E-state index in [-0.39, 0.29) is 12.3 Å². The van der Waals surface area contributed by atoms with Crippen LogP contribution in [0.2, 0.25) is 0 Å². The largest absolute Gasteiger partial charge is 0.369 e. The molecule has 104 valence electrons. The van der Waals surface area contributed by atoms with Gasteiger partial charge in [0.05, 0.1) is 6.42 Å². The molecule has 0 fully saturated rings. The molecule has 0 aliphatic rings. The maximum absolute atomic E-state index is 11.2. The Morgan fingerprint density at radius 2 is 1.33 bits per heavy atom. The fourth-order valence-electron chi connectivity index (χ4n) is 2.74. The van der Waals surface area contributed by atoms with Gasteiger partial charge in [-0.3, -0.25) is 4.79 Å². The van der Waals surface area contributed by atoms with E-state index in [0.29, 0.717) is 0 Å². The average molecular weight is 275 g/mol. The van der Waals surface area contributed by atoms with E-state index in [9.17, 15) is 4.79 Å². The van der Waals surface area contributed by atoms with Crippen molar-refractivity contribution in [3.63, 3.8) is 0 Å². The van der Waals surface area contributed by atoms with Gasteiger partial charge in [-0.25, -0.2) is 0 Å². The Labute approximate surface area is 124 Å². The van der Waals surface area contributed by atoms with Crippen LogP contribution in [0, 0.1) is 0 Å². The monoisotopic (exact) mass is 275 g/mol. The van der Waals surface area contributed by atoms with Crippen LogP contribution in [-0.4, -0.2) is 5.91 Å². The fourth-order valence-corrected chi connectivity index (χ4v) is 2.74. The molecule has 2 heteroatoms. The van der Waals surface area contributed by atoms with E-state index in [4.69, 9.17) is 5.73 Å². The summed E-state index contributed by atoms with van der Waals surface area (Å²) >= 11 is 0. The lowest BCUT2D eigenvalue weighted by molar-refractivity contribution is -0.117. The molecule has 3 aromatic carbocycles. The Hall–Kier alpha value is -2.61. The van der Waals surface area contributed by atoms with E-state index in [1.165, 1.54) is 16.5 Å². The van der Waals surface area contributed by atoms with Crippen molar-refractivity contribution in [2.45, 2.75) is 12.8 Å². The van der Waals surface area contributed by atoms with E-state index < -0.39 is 0 Å². The van der Waals surface area contributed by atoms with Crippen LogP contribution in [0.5, 0.6) is 0 Å². The first-order valence-corrected chi connectivity index (χ1v) is 7.06. The van der Waals surface area contributed by atoms with Gasteiger partial charge in [-0.1, -0.05) is 66.7 Å². The Morgan fingerprint density at radius 1 is 0.762 bits per heavy atom. The van der Waals surface area contributed by atoms with E-state index in [1.807, 2.05) is 24.3 Å². The van der Waals surface area contributed by atoms with Crippen LogP contribution in [0.25, 0.3) is 10.8 Å². The third-order valence-electron chi connectivity index (χ3n) is 3.71. The zero-order chi connectivity index (χ0) is 14.7. The number of rotatable bonds is 4. The number of hydrogen-bond acceptors (Lipinski definition) is 1. The van der Waals surface area contributed by atoms with Crippen molar-refractivity contribution in [3.8, 4) is 0 Å². The third-order valence-corrected chi connectivity index (χ3v) is 3.71. The summed E-state index contributed by atoms with van der Waals surface area (Å²) in [6.45, 7) is 0. The standard InChI is InChI=1S/C19H17NO/c20-19(21)13-16-11-10-15(12-14-6-2-1-3-7-14)17-8-4-5-9-18(16)17/h1-11H,12-13H2,(H2,20,21). The van der Waals surface area contributed by atoms with Crippen LogP contribution < -0.4 is 5.73 Å². The molecule has 0 saturated heterocycles. The van der Waals surface area contributed by atoms with Gasteiger partial charge >= 0.3 is 0 Å². The molecule has 0 bridgehead atoms. The topological polar surface area (TPSA) is 43.1 Å². The van der Waals surface area contributed by atoms with E-state index in [2.05, 4.69) is 42.5 Å². The fraction of sp³-hybridized carbons (Fsp3) is 0.105. The average Bonchev–Trinajstić information content (AvgIpc) is 2.50. The lowest BCUT2D eigenvalue weighted by Gasteiger charge is -2.10. The van der Waals surface area contributed by atoms with Crippen molar-refractivity contribution in [1.82, 2.24) is 0 Å². The van der Waals surface area contributed by atoms with Gasteiger partial charge in [0, 0.05) is 0 Å². The molecule has 0 aliphatic heterocycles. The highest BCUT2D eigenvalue weighted by Crippen LogP contribution is 2.25. The number of fused-ring (bicyclic) bond motifs is 1. The van der Waals surface area contributed by atoms with E-state index in [0.717, 1.165) is 17.4 Å². The molecule has 2 N–H and O–H groups in total. The molecule has 0 heterocycles. The minimum absolute atomic E-state index is 0.284. The van der Waals surface area contributed by atoms with Gasteiger partial charge in [0.25, 0.3) is 0 Å². The predicted octanol–water partition coefficient (Wildman–Crippen LogP) is 3.46. The predicted molar refractivity (Wildman–Crippen MR) is 86.1 cm³/mol. The van der Waals surface area contributed by atoms with Gasteiger partial charge in [-0.15, -0.1) is 0 Å². The third kappa shape index (κ3) is 2.95. The highest BCUT2D eigenvalue weighted by Gasteiger charge is 2.08. The highest BCUT2D eigenvalue weighted by atomic mass is 16.1. The Balaban J connectivity index is 2.06. The summed E-state index contributed by atoms with van der Waals surface area (Å²) in [6, 6.07) is 22.7. The SMILES string of the molecule is NC(=O)Cc1ccc(Cc2ccccc2)c2ccccc12. The Bertz CT molecular complexity index is 778. The first-order chi connectivity index (χ1) is 10.2. The second-order valence-corrected chi connectivity index (χ2v) is 5.23. The van der Waals surface area contributed by atoms with E-state index in [1.54, 1.807) is 0 Å². The number of benzene rings is 3. The molecule has 0 aromatic heterocycles. The summed E-state index contributed by atoms with van der Waals surface area (Å²) in [7, 11) is 0. The van der Waals surface area contributed by atoms with Crippen LogP contribution in [0.1, 0.15) is 16.7 Å². The molecule has 0 unspecified atom stereocenters. The first-order valence-electron chi connectivity index (χ1n) is 7.06. The van der Waals surface area contributed by atoms with Crippen LogP contribution in [0.4, 0.5) is 0 Å². The maximum atomic E-state index is 11.2. The van der Waals surface area contributed by atoms with Crippen molar-refractivity contribution in [3.05, 3.63) is 83.4 Å². The zero-order valence-corrected chi connectivity index (χ0v) is 11.8. The molecule has 0 aliphatic carbocycles. The quantitative estimate of drug-likeness (QED) is 0.778. The molecule has 3 aromatic rings. The Morgan fingerprint density at radius 3 is 2.00 bits per heavy atom. The molecule has 21 heavy (non-hydrogen) atoms. The lowest BCUT2D eigenvalue weighted by atomic mass is 9.94. The minimum atomic E-state index is -0.295.